The van der Waals surface area contributed by atoms with Crippen molar-refractivity contribution in [1.82, 2.24) is 5.32 Å². The van der Waals surface area contributed by atoms with Gasteiger partial charge in [-0.25, -0.2) is 0 Å². The summed E-state index contributed by atoms with van der Waals surface area (Å²) in [4.78, 5) is 14.7. The van der Waals surface area contributed by atoms with Gasteiger partial charge >= 0.3 is 0 Å². The van der Waals surface area contributed by atoms with Crippen LogP contribution in [0.4, 0.5) is 11.4 Å². The number of para-hydroxylation sites is 2. The first kappa shape index (κ1) is 33.5. The molecular weight excluding hydrogens is 540 g/mol. The number of nitrogens with zero attached hydrogens (tertiary/aromatic N) is 2. The zero-order chi connectivity index (χ0) is 31.6. The Morgan fingerprint density at radius 3 is 2.39 bits per heavy atom. The zero-order valence-corrected chi connectivity index (χ0v) is 27.9. The summed E-state index contributed by atoms with van der Waals surface area (Å²) >= 11 is 0. The van der Waals surface area contributed by atoms with E-state index in [2.05, 4.69) is 128 Å². The van der Waals surface area contributed by atoms with Gasteiger partial charge in [0.15, 0.2) is 5.71 Å². The van der Waals surface area contributed by atoms with Gasteiger partial charge in [0.25, 0.3) is 0 Å². The van der Waals surface area contributed by atoms with Crippen molar-refractivity contribution < 1.29 is 9.37 Å². The van der Waals surface area contributed by atoms with Crippen LogP contribution in [0.3, 0.4) is 0 Å². The van der Waals surface area contributed by atoms with Crippen molar-refractivity contribution in [1.29, 1.82) is 0 Å². The van der Waals surface area contributed by atoms with E-state index in [0.29, 0.717) is 13.0 Å². The maximum absolute atomic E-state index is 12.2. The minimum absolute atomic E-state index is 0.0236. The van der Waals surface area contributed by atoms with Crippen LogP contribution in [0, 0.1) is 0 Å². The molecule has 0 aliphatic carbocycles. The summed E-state index contributed by atoms with van der Waals surface area (Å²) in [6, 6.07) is 17.7. The highest BCUT2D eigenvalue weighted by Crippen LogP contribution is 2.47. The third-order valence-electron chi connectivity index (χ3n) is 9.30. The normalized spacial score (nSPS) is 17.7. The molecule has 0 fully saturated rings. The second-order valence-corrected chi connectivity index (χ2v) is 13.3. The van der Waals surface area contributed by atoms with E-state index >= 15 is 0 Å². The maximum atomic E-state index is 12.2. The molecular formula is C39H55N4O+. The van der Waals surface area contributed by atoms with Gasteiger partial charge in [-0.05, 0) is 70.2 Å². The van der Waals surface area contributed by atoms with Crippen LogP contribution in [-0.2, 0) is 15.6 Å². The van der Waals surface area contributed by atoms with E-state index in [9.17, 15) is 4.79 Å². The first-order valence-electron chi connectivity index (χ1n) is 16.9. The first-order valence-corrected chi connectivity index (χ1v) is 16.9. The summed E-state index contributed by atoms with van der Waals surface area (Å²) in [5, 5.41) is 3.02. The molecule has 0 aromatic heterocycles. The van der Waals surface area contributed by atoms with Crippen LogP contribution in [0.2, 0.25) is 0 Å². The molecule has 0 bridgehead atoms. The van der Waals surface area contributed by atoms with Gasteiger partial charge in [0, 0.05) is 60.4 Å². The Bertz CT molecular complexity index is 1390. The number of hydrogen-bond donors (Lipinski definition) is 2. The van der Waals surface area contributed by atoms with Gasteiger partial charge in [0.05, 0.1) is 5.41 Å². The lowest BCUT2D eigenvalue weighted by Gasteiger charge is -2.27. The van der Waals surface area contributed by atoms with E-state index in [0.717, 1.165) is 51.7 Å². The van der Waals surface area contributed by atoms with Crippen molar-refractivity contribution >= 4 is 23.0 Å². The fraction of sp³-hybridized carbons (Fsp3) is 0.487. The number of anilines is 1. The summed E-state index contributed by atoms with van der Waals surface area (Å²) in [7, 11) is 0. The average molecular weight is 596 g/mol. The van der Waals surface area contributed by atoms with Gasteiger partial charge < -0.3 is 16.0 Å². The van der Waals surface area contributed by atoms with Gasteiger partial charge in [0.2, 0.25) is 11.6 Å². The van der Waals surface area contributed by atoms with Gasteiger partial charge in [-0.15, -0.1) is 0 Å². The third-order valence-corrected chi connectivity index (χ3v) is 9.30. The smallest absolute Gasteiger partial charge is 0.219 e. The van der Waals surface area contributed by atoms with E-state index < -0.39 is 0 Å². The van der Waals surface area contributed by atoms with Crippen LogP contribution >= 0.6 is 0 Å². The van der Waals surface area contributed by atoms with Crippen LogP contribution in [0.5, 0.6) is 0 Å². The molecule has 1 amide bonds. The fourth-order valence-corrected chi connectivity index (χ4v) is 6.76. The molecule has 2 aromatic carbocycles. The largest absolute Gasteiger partial charge is 0.356 e. The highest BCUT2D eigenvalue weighted by Gasteiger charge is 2.43. The molecule has 2 aliphatic rings. The van der Waals surface area contributed by atoms with Crippen LogP contribution in [0.1, 0.15) is 97.1 Å². The highest BCUT2D eigenvalue weighted by molar-refractivity contribution is 6.03. The molecule has 0 atom stereocenters. The molecule has 0 saturated carbocycles. The lowest BCUT2D eigenvalue weighted by Crippen LogP contribution is -2.28. The standard InChI is InChI=1S/C39H54N4O/c1-6-7-29-42-33-22-15-13-20-31(33)38(2,3)35(42)24-10-8-11-25-36-39(4,5)32-21-14-16-23-34(32)43(36)30-19-9-12-26-37(44)41-28-18-17-27-40/h8,10-11,13-16,20-25H,6-7,9,12,17-19,26-30,40H2,1-5H3/p+1. The molecule has 2 heterocycles. The number of benzene rings is 2. The number of amides is 1. The number of rotatable bonds is 16. The number of carbonyl (C=O) groups excluding carboxylic acids is 1. The monoisotopic (exact) mass is 595 g/mol. The van der Waals surface area contributed by atoms with Gasteiger partial charge in [0.1, 0.15) is 6.54 Å². The predicted molar refractivity (Wildman–Crippen MR) is 187 cm³/mol. The Kier molecular flexibility index (Phi) is 11.8. The van der Waals surface area contributed by atoms with Crippen LogP contribution < -0.4 is 16.0 Å². The first-order chi connectivity index (χ1) is 21.2. The molecule has 3 N–H and O–H groups in total. The van der Waals surface area contributed by atoms with Gasteiger partial charge in [-0.1, -0.05) is 81.8 Å². The number of hydrogen-bond acceptors (Lipinski definition) is 3. The van der Waals surface area contributed by atoms with E-state index in [4.69, 9.17) is 5.73 Å². The molecule has 2 aromatic rings. The molecule has 0 unspecified atom stereocenters. The van der Waals surface area contributed by atoms with Crippen LogP contribution in [-0.4, -0.2) is 42.4 Å². The number of nitrogens with two attached hydrogens (primary N) is 1. The van der Waals surface area contributed by atoms with Crippen LogP contribution in [0.15, 0.2) is 84.6 Å². The van der Waals surface area contributed by atoms with E-state index in [1.54, 1.807) is 0 Å². The highest BCUT2D eigenvalue weighted by atomic mass is 16.1. The molecule has 0 radical (unpaired) electrons. The van der Waals surface area contributed by atoms with Gasteiger partial charge in [-0.3, -0.25) is 4.79 Å². The molecule has 0 saturated heterocycles. The predicted octanol–water partition coefficient (Wildman–Crippen LogP) is 8.07. The Hall–Kier alpha value is -3.44. The van der Waals surface area contributed by atoms with Crippen molar-refractivity contribution in [2.24, 2.45) is 5.73 Å². The van der Waals surface area contributed by atoms with Crippen molar-refractivity contribution in [3.05, 3.63) is 95.7 Å². The molecule has 5 heteroatoms. The number of nitrogens with one attached hydrogen (secondary N) is 1. The minimum atomic E-state index is -0.0746. The summed E-state index contributed by atoms with van der Waals surface area (Å²) in [5.41, 5.74) is 13.6. The fourth-order valence-electron chi connectivity index (χ4n) is 6.76. The molecule has 0 spiro atoms. The molecule has 236 valence electrons. The minimum Gasteiger partial charge on any atom is -0.356 e. The van der Waals surface area contributed by atoms with Crippen LogP contribution in [0.25, 0.3) is 0 Å². The summed E-state index contributed by atoms with van der Waals surface area (Å²) in [6.45, 7) is 15.0. The SMILES string of the molecule is CCCCN1/C(=C/C=C/C=C/C2=[N+](CCCCCC(=O)NCCCCN)c3ccccc3C2(C)C)C(C)(C)c2ccccc21. The Morgan fingerprint density at radius 2 is 1.61 bits per heavy atom. The molecule has 5 nitrogen and oxygen atoms in total. The second kappa shape index (κ2) is 15.5. The Balaban J connectivity index is 1.45. The molecule has 2 aliphatic heterocycles. The van der Waals surface area contributed by atoms with Crippen molar-refractivity contribution in [2.75, 3.05) is 31.1 Å². The summed E-state index contributed by atoms with van der Waals surface area (Å²) in [5.74, 6) is 0.157. The number of fused-ring (bicyclic) bond motifs is 2. The van der Waals surface area contributed by atoms with E-state index in [1.807, 2.05) is 0 Å². The molecule has 4 rings (SSSR count). The molecule has 44 heavy (non-hydrogen) atoms. The van der Waals surface area contributed by atoms with Gasteiger partial charge in [-0.2, -0.15) is 4.58 Å². The summed E-state index contributed by atoms with van der Waals surface area (Å²) < 4.78 is 2.49. The zero-order valence-electron chi connectivity index (χ0n) is 27.9. The van der Waals surface area contributed by atoms with E-state index in [-0.39, 0.29) is 16.7 Å². The van der Waals surface area contributed by atoms with Crippen molar-refractivity contribution in [3.8, 4) is 0 Å². The summed E-state index contributed by atoms with van der Waals surface area (Å²) in [6.07, 6.45) is 19.1. The Morgan fingerprint density at radius 1 is 0.864 bits per heavy atom. The van der Waals surface area contributed by atoms with E-state index in [1.165, 1.54) is 46.8 Å². The third kappa shape index (κ3) is 7.61. The second-order valence-electron chi connectivity index (χ2n) is 13.3. The Labute approximate surface area is 266 Å². The maximum Gasteiger partial charge on any atom is 0.219 e. The number of carbonyl (C=O) groups is 1. The number of allylic oxidation sites excluding steroid dienone is 6. The van der Waals surface area contributed by atoms with Crippen molar-refractivity contribution in [3.63, 3.8) is 0 Å². The topological polar surface area (TPSA) is 61.4 Å². The number of unbranched alkanes of at least 4 members (excludes halogenated alkanes) is 4. The van der Waals surface area contributed by atoms with Crippen molar-refractivity contribution in [2.45, 2.75) is 96.8 Å². The average Bonchev–Trinajstić information content (AvgIpc) is 3.36. The lowest BCUT2D eigenvalue weighted by molar-refractivity contribution is -0.438. The lowest BCUT2D eigenvalue weighted by atomic mass is 9.81. The quantitative estimate of drug-likeness (QED) is 0.117.